The Morgan fingerprint density at radius 1 is 0.962 bits per heavy atom. The van der Waals surface area contributed by atoms with E-state index in [1.807, 2.05) is 30.3 Å². The number of aryl methyl sites for hydroxylation is 1. The number of aromatic nitrogens is 2. The second-order valence-electron chi connectivity index (χ2n) is 6.05. The van der Waals surface area contributed by atoms with E-state index in [9.17, 15) is 0 Å². The van der Waals surface area contributed by atoms with E-state index < -0.39 is 0 Å². The van der Waals surface area contributed by atoms with E-state index in [4.69, 9.17) is 10.3 Å². The van der Waals surface area contributed by atoms with Crippen LogP contribution in [0.25, 0.3) is 11.4 Å². The Morgan fingerprint density at radius 3 is 2.35 bits per heavy atom. The highest BCUT2D eigenvalue weighted by Crippen LogP contribution is 2.18. The van der Waals surface area contributed by atoms with Gasteiger partial charge in [-0.05, 0) is 17.5 Å². The average Bonchev–Trinajstić information content (AvgIpc) is 3.11. The zero-order valence-corrected chi connectivity index (χ0v) is 15.8. The smallest absolute Gasteiger partial charge is 0.241 e. The van der Waals surface area contributed by atoms with Gasteiger partial charge in [-0.3, -0.25) is 4.90 Å². The molecule has 0 amide bonds. The molecule has 0 aliphatic carbocycles. The molecule has 5 nitrogen and oxygen atoms in total. The van der Waals surface area contributed by atoms with Crippen LogP contribution in [0, 0.1) is 0 Å². The maximum atomic E-state index is 5.75. The van der Waals surface area contributed by atoms with Crippen molar-refractivity contribution in [2.45, 2.75) is 26.4 Å². The van der Waals surface area contributed by atoms with E-state index in [0.29, 0.717) is 24.8 Å². The summed E-state index contributed by atoms with van der Waals surface area (Å²) in [4.78, 5) is 6.75. The first-order valence-electron chi connectivity index (χ1n) is 8.66. The van der Waals surface area contributed by atoms with Crippen molar-refractivity contribution < 1.29 is 4.52 Å². The topological polar surface area (TPSA) is 68.2 Å². The molecule has 0 saturated carbocycles. The molecular weight excluding hydrogens is 348 g/mol. The van der Waals surface area contributed by atoms with Crippen molar-refractivity contribution in [1.29, 1.82) is 0 Å². The van der Waals surface area contributed by atoms with Crippen LogP contribution >= 0.6 is 12.4 Å². The van der Waals surface area contributed by atoms with E-state index in [-0.39, 0.29) is 12.4 Å². The molecule has 0 saturated heterocycles. The zero-order chi connectivity index (χ0) is 17.5. The molecule has 2 N–H and O–H groups in total. The fourth-order valence-electron chi connectivity index (χ4n) is 2.76. The first kappa shape index (κ1) is 20.1. The third kappa shape index (κ3) is 5.39. The highest BCUT2D eigenvalue weighted by molar-refractivity contribution is 5.85. The third-order valence-corrected chi connectivity index (χ3v) is 4.14. The van der Waals surface area contributed by atoms with Crippen molar-refractivity contribution in [2.75, 3.05) is 13.1 Å². The molecule has 0 spiro atoms. The lowest BCUT2D eigenvalue weighted by Gasteiger charge is -2.19. The number of halogens is 1. The van der Waals surface area contributed by atoms with Gasteiger partial charge in [-0.2, -0.15) is 4.98 Å². The summed E-state index contributed by atoms with van der Waals surface area (Å²) >= 11 is 0. The molecule has 3 rings (SSSR count). The van der Waals surface area contributed by atoms with Crippen molar-refractivity contribution in [1.82, 2.24) is 15.0 Å². The first-order valence-corrected chi connectivity index (χ1v) is 8.66. The Morgan fingerprint density at radius 2 is 1.69 bits per heavy atom. The van der Waals surface area contributed by atoms with Crippen LogP contribution in [-0.4, -0.2) is 28.1 Å². The molecule has 6 heteroatoms. The summed E-state index contributed by atoms with van der Waals surface area (Å²) in [5.41, 5.74) is 9.26. The van der Waals surface area contributed by atoms with Crippen LogP contribution in [0.5, 0.6) is 0 Å². The first-order chi connectivity index (χ1) is 12.3. The molecule has 26 heavy (non-hydrogen) atoms. The largest absolute Gasteiger partial charge is 0.338 e. The highest BCUT2D eigenvalue weighted by Gasteiger charge is 2.13. The molecule has 0 fully saturated rings. The third-order valence-electron chi connectivity index (χ3n) is 4.14. The molecule has 0 bridgehead atoms. The molecule has 138 valence electrons. The van der Waals surface area contributed by atoms with Gasteiger partial charge in [0, 0.05) is 25.2 Å². The lowest BCUT2D eigenvalue weighted by atomic mass is 10.1. The number of benzene rings is 2. The average molecular weight is 373 g/mol. The summed E-state index contributed by atoms with van der Waals surface area (Å²) in [5, 5.41) is 4.12. The molecule has 0 atom stereocenters. The lowest BCUT2D eigenvalue weighted by molar-refractivity contribution is 0.224. The summed E-state index contributed by atoms with van der Waals surface area (Å²) in [7, 11) is 0. The second-order valence-corrected chi connectivity index (χ2v) is 6.05. The molecule has 3 aromatic rings. The van der Waals surface area contributed by atoms with Crippen LogP contribution in [0.1, 0.15) is 23.9 Å². The van der Waals surface area contributed by atoms with Crippen LogP contribution in [0.4, 0.5) is 0 Å². The van der Waals surface area contributed by atoms with E-state index in [2.05, 4.69) is 46.2 Å². The van der Waals surface area contributed by atoms with Gasteiger partial charge < -0.3 is 10.3 Å². The van der Waals surface area contributed by atoms with Crippen molar-refractivity contribution in [2.24, 2.45) is 5.73 Å². The maximum Gasteiger partial charge on any atom is 0.241 e. The molecule has 0 aliphatic rings. The molecule has 1 heterocycles. The monoisotopic (exact) mass is 372 g/mol. The van der Waals surface area contributed by atoms with E-state index in [1.165, 1.54) is 11.1 Å². The molecule has 2 aromatic carbocycles. The van der Waals surface area contributed by atoms with E-state index in [0.717, 1.165) is 25.1 Å². The van der Waals surface area contributed by atoms with Gasteiger partial charge in [0.05, 0.1) is 6.54 Å². The van der Waals surface area contributed by atoms with Gasteiger partial charge in [0.25, 0.3) is 0 Å². The van der Waals surface area contributed by atoms with Crippen molar-refractivity contribution in [3.63, 3.8) is 0 Å². The lowest BCUT2D eigenvalue weighted by Crippen LogP contribution is -2.28. The number of nitrogens with two attached hydrogens (primary N) is 1. The van der Waals surface area contributed by atoms with Crippen molar-refractivity contribution >= 4 is 12.4 Å². The van der Waals surface area contributed by atoms with E-state index >= 15 is 0 Å². The minimum atomic E-state index is 0. The van der Waals surface area contributed by atoms with Gasteiger partial charge in [0.1, 0.15) is 0 Å². The summed E-state index contributed by atoms with van der Waals surface area (Å²) < 4.78 is 5.45. The number of hydrogen-bond donors (Lipinski definition) is 1. The number of nitrogens with zero attached hydrogens (tertiary/aromatic N) is 3. The minimum Gasteiger partial charge on any atom is -0.338 e. The minimum absolute atomic E-state index is 0. The van der Waals surface area contributed by atoms with Gasteiger partial charge in [-0.1, -0.05) is 66.7 Å². The molecule has 0 radical (unpaired) electrons. The fraction of sp³-hybridized carbons (Fsp3) is 0.300. The highest BCUT2D eigenvalue weighted by atomic mass is 35.5. The SMILES string of the molecule is CCc1ccc(-c2noc(CN(CCN)Cc3ccccc3)n2)cc1.Cl. The van der Waals surface area contributed by atoms with Gasteiger partial charge in [-0.15, -0.1) is 12.4 Å². The van der Waals surface area contributed by atoms with Crippen LogP contribution in [0.3, 0.4) is 0 Å². The Balaban J connectivity index is 0.00000243. The van der Waals surface area contributed by atoms with E-state index in [1.54, 1.807) is 0 Å². The predicted octanol–water partition coefficient (Wildman–Crippen LogP) is 3.68. The van der Waals surface area contributed by atoms with Gasteiger partial charge in [0.2, 0.25) is 11.7 Å². The molecule has 0 unspecified atom stereocenters. The van der Waals surface area contributed by atoms with Crippen LogP contribution in [0.15, 0.2) is 59.1 Å². The van der Waals surface area contributed by atoms with Crippen LogP contribution in [0.2, 0.25) is 0 Å². The van der Waals surface area contributed by atoms with Crippen LogP contribution < -0.4 is 5.73 Å². The normalized spacial score (nSPS) is 10.7. The Kier molecular flexibility index (Phi) is 7.78. The molecule has 1 aromatic heterocycles. The number of hydrogen-bond acceptors (Lipinski definition) is 5. The Hall–Kier alpha value is -2.21. The molecule has 0 aliphatic heterocycles. The fourth-order valence-corrected chi connectivity index (χ4v) is 2.76. The van der Waals surface area contributed by atoms with Gasteiger partial charge in [0.15, 0.2) is 0 Å². The second kappa shape index (κ2) is 10.1. The number of rotatable bonds is 8. The summed E-state index contributed by atoms with van der Waals surface area (Å²) in [6, 6.07) is 18.6. The summed E-state index contributed by atoms with van der Waals surface area (Å²) in [6.07, 6.45) is 1.02. The van der Waals surface area contributed by atoms with Crippen molar-refractivity contribution in [3.8, 4) is 11.4 Å². The summed E-state index contributed by atoms with van der Waals surface area (Å²) in [6.45, 7) is 4.90. The predicted molar refractivity (Wildman–Crippen MR) is 106 cm³/mol. The van der Waals surface area contributed by atoms with Crippen LogP contribution in [-0.2, 0) is 19.5 Å². The molecular formula is C20H25ClN4O. The maximum absolute atomic E-state index is 5.75. The summed E-state index contributed by atoms with van der Waals surface area (Å²) in [5.74, 6) is 1.24. The van der Waals surface area contributed by atoms with Gasteiger partial charge >= 0.3 is 0 Å². The Bertz CT molecular complexity index is 774. The standard InChI is InChI=1S/C20H24N4O.ClH/c1-2-16-8-10-18(11-9-16)20-22-19(25-23-20)15-24(13-12-21)14-17-6-4-3-5-7-17;/h3-11H,2,12-15,21H2,1H3;1H. The van der Waals surface area contributed by atoms with Gasteiger partial charge in [-0.25, -0.2) is 0 Å². The Labute approximate surface area is 160 Å². The zero-order valence-electron chi connectivity index (χ0n) is 15.0. The quantitative estimate of drug-likeness (QED) is 0.653. The van der Waals surface area contributed by atoms with Crippen molar-refractivity contribution in [3.05, 3.63) is 71.6 Å².